The number of nitrogens with zero attached hydrogens (tertiary/aromatic N) is 1. The Bertz CT molecular complexity index is 839. The Labute approximate surface area is 184 Å². The van der Waals surface area contributed by atoms with E-state index in [4.69, 9.17) is 14.2 Å². The van der Waals surface area contributed by atoms with Crippen LogP contribution in [0.25, 0.3) is 0 Å². The Morgan fingerprint density at radius 2 is 1.61 bits per heavy atom. The number of benzene rings is 2. The quantitative estimate of drug-likeness (QED) is 0.738. The highest BCUT2D eigenvalue weighted by Crippen LogP contribution is 2.35. The number of carbonyl (C=O) groups is 1. The van der Waals surface area contributed by atoms with Crippen molar-refractivity contribution in [2.24, 2.45) is 0 Å². The number of hydrogen-bond donors (Lipinski definition) is 1. The number of hydrogen-bond acceptors (Lipinski definition) is 5. The van der Waals surface area contributed by atoms with E-state index in [2.05, 4.69) is 22.3 Å². The van der Waals surface area contributed by atoms with Gasteiger partial charge in [-0.3, -0.25) is 4.79 Å². The van der Waals surface area contributed by atoms with E-state index in [9.17, 15) is 4.79 Å². The lowest BCUT2D eigenvalue weighted by Crippen LogP contribution is -2.44. The van der Waals surface area contributed by atoms with Gasteiger partial charge in [0.2, 0.25) is 0 Å². The lowest BCUT2D eigenvalue weighted by molar-refractivity contribution is 0.0487. The largest absolute Gasteiger partial charge is 0.494 e. The minimum atomic E-state index is -0.119. The minimum Gasteiger partial charge on any atom is -0.494 e. The fourth-order valence-electron chi connectivity index (χ4n) is 4.40. The molecular weight excluding hydrogens is 392 g/mol. The summed E-state index contributed by atoms with van der Waals surface area (Å²) < 4.78 is 16.6. The van der Waals surface area contributed by atoms with Crippen LogP contribution in [-0.2, 0) is 14.9 Å². The van der Waals surface area contributed by atoms with Gasteiger partial charge in [-0.15, -0.1) is 0 Å². The first kappa shape index (κ1) is 21.7. The zero-order chi connectivity index (χ0) is 21.5. The second-order valence-electron chi connectivity index (χ2n) is 8.18. The van der Waals surface area contributed by atoms with E-state index in [0.29, 0.717) is 31.9 Å². The van der Waals surface area contributed by atoms with Crippen molar-refractivity contribution in [3.8, 4) is 5.75 Å². The third-order valence-electron chi connectivity index (χ3n) is 6.32. The lowest BCUT2D eigenvalue weighted by atomic mass is 9.74. The van der Waals surface area contributed by atoms with Crippen LogP contribution in [0.5, 0.6) is 5.75 Å². The van der Waals surface area contributed by atoms with Crippen molar-refractivity contribution in [3.05, 3.63) is 59.7 Å². The average molecular weight is 425 g/mol. The van der Waals surface area contributed by atoms with E-state index < -0.39 is 0 Å². The summed E-state index contributed by atoms with van der Waals surface area (Å²) in [5, 5.41) is 3.19. The second kappa shape index (κ2) is 10.2. The first-order valence-corrected chi connectivity index (χ1v) is 11.2. The van der Waals surface area contributed by atoms with Crippen LogP contribution in [0.1, 0.15) is 35.7 Å². The molecule has 6 heteroatoms. The molecule has 0 aromatic heterocycles. The first-order chi connectivity index (χ1) is 15.2. The molecule has 166 valence electrons. The minimum absolute atomic E-state index is 0.0367. The van der Waals surface area contributed by atoms with Gasteiger partial charge in [-0.1, -0.05) is 12.1 Å². The summed E-state index contributed by atoms with van der Waals surface area (Å²) in [6, 6.07) is 16.2. The highest BCUT2D eigenvalue weighted by molar-refractivity contribution is 5.94. The van der Waals surface area contributed by atoms with Crippen LogP contribution in [0, 0.1) is 0 Å². The molecular formula is C25H32N2O4. The van der Waals surface area contributed by atoms with Gasteiger partial charge in [-0.05, 0) is 61.7 Å². The van der Waals surface area contributed by atoms with Gasteiger partial charge < -0.3 is 24.4 Å². The number of morpholine rings is 1. The normalized spacial score (nSPS) is 18.4. The number of amides is 1. The Morgan fingerprint density at radius 1 is 0.968 bits per heavy atom. The van der Waals surface area contributed by atoms with Crippen LogP contribution < -0.4 is 15.0 Å². The predicted octanol–water partition coefficient (Wildman–Crippen LogP) is 3.40. The fraction of sp³-hybridized carbons (Fsp3) is 0.480. The number of rotatable bonds is 7. The zero-order valence-corrected chi connectivity index (χ0v) is 18.3. The number of carbonyl (C=O) groups excluding carboxylic acids is 1. The van der Waals surface area contributed by atoms with Gasteiger partial charge >= 0.3 is 0 Å². The van der Waals surface area contributed by atoms with E-state index in [1.54, 1.807) is 0 Å². The van der Waals surface area contributed by atoms with Crippen molar-refractivity contribution < 1.29 is 19.0 Å². The van der Waals surface area contributed by atoms with Crippen molar-refractivity contribution in [2.75, 3.05) is 57.6 Å². The number of anilines is 1. The molecule has 1 amide bonds. The molecule has 0 unspecified atom stereocenters. The smallest absolute Gasteiger partial charge is 0.251 e. The molecule has 31 heavy (non-hydrogen) atoms. The van der Waals surface area contributed by atoms with Crippen LogP contribution >= 0.6 is 0 Å². The van der Waals surface area contributed by atoms with Crippen LogP contribution in [0.2, 0.25) is 0 Å². The van der Waals surface area contributed by atoms with Crippen molar-refractivity contribution in [1.82, 2.24) is 5.32 Å². The molecule has 2 aromatic carbocycles. The predicted molar refractivity (Wildman–Crippen MR) is 121 cm³/mol. The molecule has 0 atom stereocenters. The van der Waals surface area contributed by atoms with Gasteiger partial charge in [0.15, 0.2) is 0 Å². The van der Waals surface area contributed by atoms with E-state index in [1.807, 2.05) is 43.3 Å². The lowest BCUT2D eigenvalue weighted by Gasteiger charge is -2.38. The summed E-state index contributed by atoms with van der Waals surface area (Å²) in [5.41, 5.74) is 2.93. The maximum Gasteiger partial charge on any atom is 0.251 e. The molecule has 0 bridgehead atoms. The summed E-state index contributed by atoms with van der Waals surface area (Å²) in [4.78, 5) is 15.2. The highest BCUT2D eigenvalue weighted by Gasteiger charge is 2.35. The SMILES string of the molecule is CCOc1ccc(C2(CNC(=O)c3ccc(N4CCOCC4)cc3)CCOCC2)cc1. The number of nitrogens with one attached hydrogen (secondary N) is 1. The van der Waals surface area contributed by atoms with E-state index in [1.165, 1.54) is 5.56 Å². The van der Waals surface area contributed by atoms with E-state index in [0.717, 1.165) is 50.6 Å². The Balaban J connectivity index is 1.42. The van der Waals surface area contributed by atoms with Gasteiger partial charge in [0.1, 0.15) is 5.75 Å². The second-order valence-corrected chi connectivity index (χ2v) is 8.18. The third-order valence-corrected chi connectivity index (χ3v) is 6.32. The maximum absolute atomic E-state index is 12.9. The monoisotopic (exact) mass is 424 g/mol. The van der Waals surface area contributed by atoms with Gasteiger partial charge in [-0.25, -0.2) is 0 Å². The van der Waals surface area contributed by atoms with Crippen LogP contribution in [-0.4, -0.2) is 58.6 Å². The van der Waals surface area contributed by atoms with Gasteiger partial charge in [0.05, 0.1) is 19.8 Å². The molecule has 0 aliphatic carbocycles. The topological polar surface area (TPSA) is 60.0 Å². The summed E-state index contributed by atoms with van der Waals surface area (Å²) in [7, 11) is 0. The van der Waals surface area contributed by atoms with Gasteiger partial charge in [0.25, 0.3) is 5.91 Å². The first-order valence-electron chi connectivity index (χ1n) is 11.2. The summed E-state index contributed by atoms with van der Waals surface area (Å²) in [5.74, 6) is 0.836. The fourth-order valence-corrected chi connectivity index (χ4v) is 4.40. The van der Waals surface area contributed by atoms with E-state index >= 15 is 0 Å². The van der Waals surface area contributed by atoms with Gasteiger partial charge in [0, 0.05) is 49.5 Å². The molecule has 2 saturated heterocycles. The van der Waals surface area contributed by atoms with Gasteiger partial charge in [-0.2, -0.15) is 0 Å². The molecule has 2 aliphatic heterocycles. The molecule has 6 nitrogen and oxygen atoms in total. The molecule has 2 aromatic rings. The maximum atomic E-state index is 12.9. The van der Waals surface area contributed by atoms with Crippen LogP contribution in [0.15, 0.2) is 48.5 Å². The van der Waals surface area contributed by atoms with Crippen molar-refractivity contribution in [2.45, 2.75) is 25.2 Å². The zero-order valence-electron chi connectivity index (χ0n) is 18.3. The summed E-state index contributed by atoms with van der Waals surface area (Å²) in [6.45, 7) is 7.91. The molecule has 2 fully saturated rings. The molecule has 1 N–H and O–H groups in total. The van der Waals surface area contributed by atoms with E-state index in [-0.39, 0.29) is 11.3 Å². The van der Waals surface area contributed by atoms with Crippen molar-refractivity contribution in [3.63, 3.8) is 0 Å². The molecule has 0 spiro atoms. The molecule has 0 saturated carbocycles. The van der Waals surface area contributed by atoms with Crippen LogP contribution in [0.4, 0.5) is 5.69 Å². The Morgan fingerprint density at radius 3 is 2.26 bits per heavy atom. The molecule has 4 rings (SSSR count). The summed E-state index contributed by atoms with van der Waals surface area (Å²) in [6.07, 6.45) is 1.77. The van der Waals surface area contributed by atoms with Crippen molar-refractivity contribution >= 4 is 11.6 Å². The molecule has 0 radical (unpaired) electrons. The number of ether oxygens (including phenoxy) is 3. The average Bonchev–Trinajstić information content (AvgIpc) is 2.84. The third kappa shape index (κ3) is 5.20. The summed E-state index contributed by atoms with van der Waals surface area (Å²) >= 11 is 0. The standard InChI is InChI=1S/C25H32N2O4/c1-2-31-23-9-5-21(6-10-23)25(11-15-29-16-12-25)19-26-24(28)20-3-7-22(8-4-20)27-13-17-30-18-14-27/h3-10H,2,11-19H2,1H3,(H,26,28). The Kier molecular flexibility index (Phi) is 7.10. The Hall–Kier alpha value is -2.57. The molecule has 2 aliphatic rings. The highest BCUT2D eigenvalue weighted by atomic mass is 16.5. The molecule has 2 heterocycles. The van der Waals surface area contributed by atoms with Crippen LogP contribution in [0.3, 0.4) is 0 Å². The van der Waals surface area contributed by atoms with Crippen molar-refractivity contribution in [1.29, 1.82) is 0 Å².